The number of hydrogen-bond acceptors (Lipinski definition) is 6. The third kappa shape index (κ3) is 4.18. The first kappa shape index (κ1) is 15.9. The van der Waals surface area contributed by atoms with Crippen LogP contribution in [-0.4, -0.2) is 29.4 Å². The van der Waals surface area contributed by atoms with E-state index in [2.05, 4.69) is 10.1 Å². The highest BCUT2D eigenvalue weighted by Gasteiger charge is 2.26. The van der Waals surface area contributed by atoms with Gasteiger partial charge in [0.15, 0.2) is 0 Å². The lowest BCUT2D eigenvalue weighted by Gasteiger charge is -2.06. The molecule has 0 aliphatic heterocycles. The molecule has 0 fully saturated rings. The number of ketones is 1. The van der Waals surface area contributed by atoms with Crippen LogP contribution in [0, 0.1) is 11.3 Å². The lowest BCUT2D eigenvalue weighted by atomic mass is 10.1. The van der Waals surface area contributed by atoms with E-state index in [1.54, 1.807) is 0 Å². The molecule has 1 aromatic carbocycles. The summed E-state index contributed by atoms with van der Waals surface area (Å²) in [6, 6.07) is 7.66. The number of aliphatic hydroxyl groups excluding tert-OH is 1. The average molecular weight is 288 g/mol. The summed E-state index contributed by atoms with van der Waals surface area (Å²) in [5.74, 6) is -3.41. The van der Waals surface area contributed by atoms with Crippen LogP contribution in [0.2, 0.25) is 0 Å². The van der Waals surface area contributed by atoms with Crippen LogP contribution in [0.3, 0.4) is 0 Å². The van der Waals surface area contributed by atoms with E-state index in [-0.39, 0.29) is 18.6 Å². The number of nitriles is 1. The molecule has 0 heterocycles. The zero-order chi connectivity index (χ0) is 15.8. The number of benzene rings is 1. The molecule has 1 rings (SSSR count). The van der Waals surface area contributed by atoms with Crippen LogP contribution in [0.15, 0.2) is 36.1 Å². The molecule has 0 saturated carbocycles. The van der Waals surface area contributed by atoms with Crippen molar-refractivity contribution in [1.29, 1.82) is 5.26 Å². The summed E-state index contributed by atoms with van der Waals surface area (Å²) in [5, 5.41) is 19.8. The van der Waals surface area contributed by atoms with Crippen LogP contribution >= 0.6 is 0 Å². The van der Waals surface area contributed by atoms with Gasteiger partial charge in [0.05, 0.1) is 24.5 Å². The Morgan fingerprint density at radius 2 is 1.95 bits per heavy atom. The Hall–Kier alpha value is -3.14. The third-order valence-electron chi connectivity index (χ3n) is 2.35. The largest absolute Gasteiger partial charge is 0.515 e. The van der Waals surface area contributed by atoms with Crippen molar-refractivity contribution in [2.24, 2.45) is 0 Å². The molecular formula is C14H12N2O5. The molecule has 0 spiro atoms. The summed E-state index contributed by atoms with van der Waals surface area (Å²) in [6.45, 7) is 1.52. The second-order valence-electron chi connectivity index (χ2n) is 3.74. The van der Waals surface area contributed by atoms with Gasteiger partial charge in [-0.15, -0.1) is 0 Å². The predicted octanol–water partition coefficient (Wildman–Crippen LogP) is 1.07. The Morgan fingerprint density at radius 1 is 1.33 bits per heavy atom. The molecule has 1 amide bonds. The number of esters is 1. The summed E-state index contributed by atoms with van der Waals surface area (Å²) in [7, 11) is 0. The lowest BCUT2D eigenvalue weighted by molar-refractivity contribution is -0.142. The number of ether oxygens (including phenoxy) is 1. The van der Waals surface area contributed by atoms with Gasteiger partial charge in [-0.2, -0.15) is 5.26 Å². The second kappa shape index (κ2) is 7.45. The average Bonchev–Trinajstić information content (AvgIpc) is 2.48. The van der Waals surface area contributed by atoms with Crippen LogP contribution in [0.5, 0.6) is 0 Å². The van der Waals surface area contributed by atoms with Gasteiger partial charge in [-0.3, -0.25) is 9.59 Å². The standard InChI is InChI=1S/C14H12N2O5/c1-2-21-14(20)11(8-17)12(18)13(19)16-10-5-3-9(7-15)4-6-10/h3-6,8,17H,2H2,1H3,(H,16,19)/b11-8-. The number of rotatable bonds is 5. The van der Waals surface area contributed by atoms with E-state index in [0.717, 1.165) is 0 Å². The van der Waals surface area contributed by atoms with E-state index in [1.165, 1.54) is 31.2 Å². The van der Waals surface area contributed by atoms with Gasteiger partial charge < -0.3 is 15.2 Å². The number of anilines is 1. The molecule has 0 bridgehead atoms. The Bertz CT molecular complexity index is 626. The molecule has 7 nitrogen and oxygen atoms in total. The van der Waals surface area contributed by atoms with Gasteiger partial charge in [0, 0.05) is 5.69 Å². The fourth-order valence-corrected chi connectivity index (χ4v) is 1.35. The molecule has 7 heteroatoms. The molecule has 0 aromatic heterocycles. The molecule has 0 unspecified atom stereocenters. The number of Topliss-reactive ketones (excluding diaryl/α,β-unsaturated/α-hetero) is 1. The highest BCUT2D eigenvalue weighted by molar-refractivity contribution is 6.51. The number of carbonyl (C=O) groups is 3. The van der Waals surface area contributed by atoms with E-state index in [0.29, 0.717) is 5.56 Å². The number of hydrogen-bond donors (Lipinski definition) is 2. The molecule has 0 aliphatic rings. The molecule has 0 aliphatic carbocycles. The van der Waals surface area contributed by atoms with E-state index in [1.807, 2.05) is 6.07 Å². The molecule has 0 saturated heterocycles. The van der Waals surface area contributed by atoms with E-state index in [4.69, 9.17) is 10.4 Å². The maximum absolute atomic E-state index is 11.7. The monoisotopic (exact) mass is 288 g/mol. The van der Waals surface area contributed by atoms with Gasteiger partial charge in [-0.25, -0.2) is 4.79 Å². The predicted molar refractivity (Wildman–Crippen MR) is 72.1 cm³/mol. The highest BCUT2D eigenvalue weighted by Crippen LogP contribution is 2.10. The number of nitrogens with one attached hydrogen (secondary N) is 1. The SMILES string of the molecule is CCOC(=O)/C(=C\O)C(=O)C(=O)Nc1ccc(C#N)cc1. The Morgan fingerprint density at radius 3 is 2.43 bits per heavy atom. The molecule has 0 radical (unpaired) electrons. The van der Waals surface area contributed by atoms with Crippen LogP contribution in [0.25, 0.3) is 0 Å². The van der Waals surface area contributed by atoms with Crippen molar-refractivity contribution < 1.29 is 24.2 Å². The summed E-state index contributed by atoms with van der Waals surface area (Å²) in [4.78, 5) is 34.8. The van der Waals surface area contributed by atoms with E-state index < -0.39 is 23.2 Å². The van der Waals surface area contributed by atoms with Gasteiger partial charge in [-0.1, -0.05) is 0 Å². The van der Waals surface area contributed by atoms with Gasteiger partial charge in [0.1, 0.15) is 5.57 Å². The van der Waals surface area contributed by atoms with Gasteiger partial charge in [0.25, 0.3) is 11.7 Å². The van der Waals surface area contributed by atoms with E-state index >= 15 is 0 Å². The molecule has 108 valence electrons. The first-order valence-electron chi connectivity index (χ1n) is 5.90. The first-order chi connectivity index (χ1) is 10.0. The number of aliphatic hydroxyl groups is 1. The minimum absolute atomic E-state index is 0.000689. The Kier molecular flexibility index (Phi) is 5.65. The smallest absolute Gasteiger partial charge is 0.345 e. The normalized spacial score (nSPS) is 10.4. The number of carbonyl (C=O) groups excluding carboxylic acids is 3. The quantitative estimate of drug-likeness (QED) is 0.209. The van der Waals surface area contributed by atoms with Crippen LogP contribution in [0.4, 0.5) is 5.69 Å². The molecule has 0 atom stereocenters. The number of nitrogens with zero attached hydrogens (tertiary/aromatic N) is 1. The third-order valence-corrected chi connectivity index (χ3v) is 2.35. The summed E-state index contributed by atoms with van der Waals surface area (Å²) >= 11 is 0. The van der Waals surface area contributed by atoms with E-state index in [9.17, 15) is 14.4 Å². The van der Waals surface area contributed by atoms with Crippen molar-refractivity contribution in [3.63, 3.8) is 0 Å². The minimum Gasteiger partial charge on any atom is -0.515 e. The summed E-state index contributed by atoms with van der Waals surface area (Å²) in [5.41, 5.74) is -0.0988. The molecular weight excluding hydrogens is 276 g/mol. The lowest BCUT2D eigenvalue weighted by Crippen LogP contribution is -2.28. The van der Waals surface area contributed by atoms with Crippen molar-refractivity contribution in [1.82, 2.24) is 0 Å². The first-order valence-corrected chi connectivity index (χ1v) is 5.90. The van der Waals surface area contributed by atoms with Crippen molar-refractivity contribution in [2.45, 2.75) is 6.92 Å². The zero-order valence-corrected chi connectivity index (χ0v) is 11.1. The topological polar surface area (TPSA) is 116 Å². The maximum Gasteiger partial charge on any atom is 0.345 e. The van der Waals surface area contributed by atoms with Gasteiger partial charge in [-0.05, 0) is 31.2 Å². The van der Waals surface area contributed by atoms with Crippen molar-refractivity contribution in [3.8, 4) is 6.07 Å². The summed E-state index contributed by atoms with van der Waals surface area (Å²) in [6.07, 6.45) is 0.235. The minimum atomic E-state index is -1.22. The fourth-order valence-electron chi connectivity index (χ4n) is 1.35. The molecule has 2 N–H and O–H groups in total. The summed E-state index contributed by atoms with van der Waals surface area (Å²) < 4.78 is 4.54. The van der Waals surface area contributed by atoms with Crippen molar-refractivity contribution in [3.05, 3.63) is 41.7 Å². The number of amides is 1. The van der Waals surface area contributed by atoms with Crippen LogP contribution in [0.1, 0.15) is 12.5 Å². The maximum atomic E-state index is 11.7. The highest BCUT2D eigenvalue weighted by atomic mass is 16.5. The Balaban J connectivity index is 2.80. The van der Waals surface area contributed by atoms with Gasteiger partial charge >= 0.3 is 5.97 Å². The molecule has 21 heavy (non-hydrogen) atoms. The molecule has 1 aromatic rings. The zero-order valence-electron chi connectivity index (χ0n) is 11.1. The van der Waals surface area contributed by atoms with Crippen LogP contribution < -0.4 is 5.32 Å². The van der Waals surface area contributed by atoms with Gasteiger partial charge in [0.2, 0.25) is 0 Å². The fraction of sp³-hybridized carbons (Fsp3) is 0.143. The van der Waals surface area contributed by atoms with Crippen molar-refractivity contribution >= 4 is 23.3 Å². The second-order valence-corrected chi connectivity index (χ2v) is 3.74. The van der Waals surface area contributed by atoms with Crippen LogP contribution in [-0.2, 0) is 19.1 Å². The van der Waals surface area contributed by atoms with Crippen molar-refractivity contribution in [2.75, 3.05) is 11.9 Å². The Labute approximate surface area is 120 Å².